The maximum atomic E-state index is 13.8. The zero-order chi connectivity index (χ0) is 19.2. The molecule has 1 unspecified atom stereocenters. The Morgan fingerprint density at radius 2 is 1.85 bits per heavy atom. The second kappa shape index (κ2) is 8.86. The topological polar surface area (TPSA) is 42.0 Å². The summed E-state index contributed by atoms with van der Waals surface area (Å²) in [6.07, 6.45) is -0.135. The van der Waals surface area contributed by atoms with Crippen molar-refractivity contribution in [2.24, 2.45) is 0 Å². The van der Waals surface area contributed by atoms with Gasteiger partial charge in [0.05, 0.1) is 6.54 Å². The molecule has 0 spiro atoms. The number of nitrogens with zero attached hydrogens (tertiary/aromatic N) is 2. The van der Waals surface area contributed by atoms with Gasteiger partial charge in [-0.05, 0) is 24.7 Å². The summed E-state index contributed by atoms with van der Waals surface area (Å²) in [5.41, 5.74) is 0.511. The maximum Gasteiger partial charge on any atom is 0.236 e. The molecule has 6 heteroatoms. The molecular formula is C21H25FN2O3. The summed E-state index contributed by atoms with van der Waals surface area (Å²) in [5.74, 6) is 1.12. The highest BCUT2D eigenvalue weighted by atomic mass is 19.1. The molecule has 0 aromatic heterocycles. The first kappa shape index (κ1) is 19.2. The zero-order valence-corrected chi connectivity index (χ0v) is 15.7. The monoisotopic (exact) mass is 372 g/mol. The van der Waals surface area contributed by atoms with E-state index in [4.69, 9.17) is 9.47 Å². The van der Waals surface area contributed by atoms with E-state index >= 15 is 0 Å². The Balaban J connectivity index is 1.54. The summed E-state index contributed by atoms with van der Waals surface area (Å²) in [6.45, 7) is 4.25. The third-order valence-corrected chi connectivity index (χ3v) is 4.63. The number of hydrogen-bond donors (Lipinski definition) is 0. The lowest BCUT2D eigenvalue weighted by atomic mass is 10.2. The van der Waals surface area contributed by atoms with Crippen LogP contribution >= 0.6 is 0 Å². The number of rotatable bonds is 7. The summed E-state index contributed by atoms with van der Waals surface area (Å²) in [7, 11) is 1.69. The molecule has 0 aliphatic carbocycles. The predicted molar refractivity (Wildman–Crippen MR) is 101 cm³/mol. The summed E-state index contributed by atoms with van der Waals surface area (Å²) in [4.78, 5) is 16.1. The number of fused-ring (bicyclic) bond motifs is 1. The van der Waals surface area contributed by atoms with E-state index in [1.807, 2.05) is 36.1 Å². The van der Waals surface area contributed by atoms with Crippen LogP contribution in [0.15, 0.2) is 48.5 Å². The summed E-state index contributed by atoms with van der Waals surface area (Å²) in [6, 6.07) is 14.1. The fourth-order valence-electron chi connectivity index (χ4n) is 3.03. The lowest BCUT2D eigenvalue weighted by molar-refractivity contribution is -0.132. The van der Waals surface area contributed by atoms with Crippen LogP contribution in [0.3, 0.4) is 0 Å². The van der Waals surface area contributed by atoms with Gasteiger partial charge in [0.25, 0.3) is 0 Å². The van der Waals surface area contributed by atoms with E-state index in [2.05, 4.69) is 0 Å². The fraction of sp³-hybridized carbons (Fsp3) is 0.381. The normalized spacial score (nSPS) is 15.6. The largest absolute Gasteiger partial charge is 0.486 e. The molecule has 0 radical (unpaired) electrons. The molecule has 1 aliphatic heterocycles. The zero-order valence-electron chi connectivity index (χ0n) is 15.7. The molecular weight excluding hydrogens is 347 g/mol. The summed E-state index contributed by atoms with van der Waals surface area (Å²) >= 11 is 0. The van der Waals surface area contributed by atoms with E-state index < -0.39 is 0 Å². The number of halogens is 1. The number of likely N-dealkylation sites (N-methyl/N-ethyl adjacent to an activating group) is 2. The molecule has 5 nitrogen and oxygen atoms in total. The number of benzene rings is 2. The van der Waals surface area contributed by atoms with Gasteiger partial charge in [0.2, 0.25) is 5.91 Å². The smallest absolute Gasteiger partial charge is 0.236 e. The first-order valence-corrected chi connectivity index (χ1v) is 9.15. The molecule has 0 saturated carbocycles. The third kappa shape index (κ3) is 4.98. The van der Waals surface area contributed by atoms with Crippen LogP contribution in [0, 0.1) is 5.82 Å². The number of hydrogen-bond acceptors (Lipinski definition) is 4. The lowest BCUT2D eigenvalue weighted by Crippen LogP contribution is -2.45. The lowest BCUT2D eigenvalue weighted by Gasteiger charge is -2.31. The van der Waals surface area contributed by atoms with Crippen molar-refractivity contribution < 1.29 is 18.7 Å². The minimum absolute atomic E-state index is 0.0581. The van der Waals surface area contributed by atoms with Crippen molar-refractivity contribution in [3.05, 3.63) is 59.9 Å². The van der Waals surface area contributed by atoms with Gasteiger partial charge >= 0.3 is 0 Å². The second-order valence-corrected chi connectivity index (χ2v) is 6.67. The standard InChI is InChI=1S/C21H25FN2O3/c1-3-24(13-17-15-26-19-10-6-7-11-20(19)27-17)14-21(25)23(2)12-16-8-4-5-9-18(16)22/h4-11,17H,3,12-15H2,1-2H3. The molecule has 27 heavy (non-hydrogen) atoms. The van der Waals surface area contributed by atoms with Crippen molar-refractivity contribution >= 4 is 5.91 Å². The van der Waals surface area contributed by atoms with Crippen LogP contribution in [-0.2, 0) is 11.3 Å². The maximum absolute atomic E-state index is 13.8. The van der Waals surface area contributed by atoms with Crippen molar-refractivity contribution in [3.63, 3.8) is 0 Å². The number of amides is 1. The average Bonchev–Trinajstić information content (AvgIpc) is 2.69. The highest BCUT2D eigenvalue weighted by Crippen LogP contribution is 2.31. The van der Waals surface area contributed by atoms with Crippen LogP contribution < -0.4 is 9.47 Å². The Morgan fingerprint density at radius 3 is 2.59 bits per heavy atom. The molecule has 1 heterocycles. The Hall–Kier alpha value is -2.60. The van der Waals surface area contributed by atoms with E-state index in [1.54, 1.807) is 30.1 Å². The average molecular weight is 372 g/mol. The van der Waals surface area contributed by atoms with Crippen LogP contribution in [0.25, 0.3) is 0 Å². The second-order valence-electron chi connectivity index (χ2n) is 6.67. The van der Waals surface area contributed by atoms with Gasteiger partial charge in [0, 0.05) is 25.7 Å². The summed E-state index contributed by atoms with van der Waals surface area (Å²) < 4.78 is 25.5. The minimum atomic E-state index is -0.295. The molecule has 0 N–H and O–H groups in total. The van der Waals surface area contributed by atoms with E-state index in [0.29, 0.717) is 25.3 Å². The van der Waals surface area contributed by atoms with Crippen molar-refractivity contribution in [1.29, 1.82) is 0 Å². The van der Waals surface area contributed by atoms with Crippen LogP contribution in [0.5, 0.6) is 11.5 Å². The van der Waals surface area contributed by atoms with E-state index in [1.165, 1.54) is 6.07 Å². The van der Waals surface area contributed by atoms with Gasteiger partial charge in [-0.2, -0.15) is 0 Å². The van der Waals surface area contributed by atoms with Crippen molar-refractivity contribution in [2.75, 3.05) is 33.3 Å². The molecule has 3 rings (SSSR count). The fourth-order valence-corrected chi connectivity index (χ4v) is 3.03. The number of carbonyl (C=O) groups is 1. The molecule has 2 aromatic rings. The van der Waals surface area contributed by atoms with Gasteiger partial charge in [-0.15, -0.1) is 0 Å². The number of ether oxygens (including phenoxy) is 2. The molecule has 0 fully saturated rings. The molecule has 0 bridgehead atoms. The van der Waals surface area contributed by atoms with Crippen LogP contribution in [0.4, 0.5) is 4.39 Å². The SMILES string of the molecule is CCN(CC(=O)N(C)Cc1ccccc1F)CC1COc2ccccc2O1. The molecule has 0 saturated heterocycles. The summed E-state index contributed by atoms with van der Waals surface area (Å²) in [5, 5.41) is 0. The van der Waals surface area contributed by atoms with E-state index in [-0.39, 0.29) is 30.9 Å². The first-order chi connectivity index (χ1) is 13.1. The first-order valence-electron chi connectivity index (χ1n) is 9.15. The van der Waals surface area contributed by atoms with E-state index in [9.17, 15) is 9.18 Å². The molecule has 1 amide bonds. The van der Waals surface area contributed by atoms with Crippen molar-refractivity contribution in [2.45, 2.75) is 19.6 Å². The molecule has 1 aliphatic rings. The van der Waals surface area contributed by atoms with Gasteiger partial charge in [-0.1, -0.05) is 37.3 Å². The quantitative estimate of drug-likeness (QED) is 0.749. The van der Waals surface area contributed by atoms with Crippen LogP contribution in [0.2, 0.25) is 0 Å². The van der Waals surface area contributed by atoms with Gasteiger partial charge in [-0.3, -0.25) is 9.69 Å². The Kier molecular flexibility index (Phi) is 6.29. The van der Waals surface area contributed by atoms with Gasteiger partial charge in [0.15, 0.2) is 11.5 Å². The highest BCUT2D eigenvalue weighted by Gasteiger charge is 2.24. The minimum Gasteiger partial charge on any atom is -0.486 e. The van der Waals surface area contributed by atoms with Gasteiger partial charge in [-0.25, -0.2) is 4.39 Å². The Labute approximate surface area is 159 Å². The highest BCUT2D eigenvalue weighted by molar-refractivity contribution is 5.78. The molecule has 2 aromatic carbocycles. The third-order valence-electron chi connectivity index (χ3n) is 4.63. The Bertz CT molecular complexity index is 784. The van der Waals surface area contributed by atoms with Crippen molar-refractivity contribution in [3.8, 4) is 11.5 Å². The van der Waals surface area contributed by atoms with Gasteiger partial charge in [0.1, 0.15) is 18.5 Å². The number of carbonyl (C=O) groups excluding carboxylic acids is 1. The Morgan fingerprint density at radius 1 is 1.15 bits per heavy atom. The van der Waals surface area contributed by atoms with Crippen LogP contribution in [0.1, 0.15) is 12.5 Å². The molecule has 1 atom stereocenters. The van der Waals surface area contributed by atoms with Crippen LogP contribution in [-0.4, -0.2) is 55.1 Å². The van der Waals surface area contributed by atoms with Gasteiger partial charge < -0.3 is 14.4 Å². The van der Waals surface area contributed by atoms with Crippen molar-refractivity contribution in [1.82, 2.24) is 9.80 Å². The van der Waals surface area contributed by atoms with E-state index in [0.717, 1.165) is 11.5 Å². The predicted octanol–water partition coefficient (Wildman–Crippen LogP) is 2.95. The molecule has 144 valence electrons. The number of para-hydroxylation sites is 2.